The molecule has 318 valence electrons. The van der Waals surface area contributed by atoms with Crippen LogP contribution in [0.15, 0.2) is 157 Å². The van der Waals surface area contributed by atoms with Gasteiger partial charge in [0, 0.05) is 28.6 Å². The van der Waals surface area contributed by atoms with E-state index in [0.717, 1.165) is 50.2 Å². The Labute approximate surface area is 373 Å². The lowest BCUT2D eigenvalue weighted by molar-refractivity contribution is 0.197. The molecule has 2 aromatic heterocycles. The van der Waals surface area contributed by atoms with Crippen LogP contribution in [0.5, 0.6) is 11.5 Å². The van der Waals surface area contributed by atoms with E-state index in [1.807, 2.05) is 18.3 Å². The van der Waals surface area contributed by atoms with Gasteiger partial charge in [0.25, 0.3) is 0 Å². The highest BCUT2D eigenvalue weighted by molar-refractivity contribution is 6.10. The van der Waals surface area contributed by atoms with Crippen molar-refractivity contribution in [3.63, 3.8) is 0 Å². The Balaban J connectivity index is 1.23. The predicted octanol–water partition coefficient (Wildman–Crippen LogP) is 15.7. The van der Waals surface area contributed by atoms with E-state index in [2.05, 4.69) is 207 Å². The monoisotopic (exact) mass is 829 g/mol. The molecule has 0 bridgehead atoms. The van der Waals surface area contributed by atoms with Gasteiger partial charge < -0.3 is 9.47 Å². The summed E-state index contributed by atoms with van der Waals surface area (Å²) in [6.07, 6.45) is 1.66. The van der Waals surface area contributed by atoms with E-state index in [-0.39, 0.29) is 23.0 Å². The second-order valence-corrected chi connectivity index (χ2v) is 19.9. The van der Waals surface area contributed by atoms with Crippen molar-refractivity contribution in [2.75, 3.05) is 0 Å². The summed E-state index contributed by atoms with van der Waals surface area (Å²) in [6.45, 7) is 22.6. The standard InChI is InChI=1S/C58H59N3O2/c1-36(2)46-22-17-23-47(37(3)4)53(46)40-30-41(56-60-54(38-18-13-11-14-19-38)55(63-56)39-20-15-12-16-21-39)32-45(31-40)62-44-25-26-48-49-33-42(57(5,6)7)24-27-50(49)61(51(48)35-44)52-34-43(28-29-59-52)58(8,9)10/h11-37,54-55H,1-10H3/t54-,55+/m0/s1. The second kappa shape index (κ2) is 16.3. The van der Waals surface area contributed by atoms with E-state index in [1.165, 1.54) is 33.2 Å². The molecule has 5 heteroatoms. The van der Waals surface area contributed by atoms with Gasteiger partial charge in [-0.2, -0.15) is 0 Å². The number of benzene rings is 6. The fourth-order valence-corrected chi connectivity index (χ4v) is 9.08. The molecule has 1 aliphatic rings. The van der Waals surface area contributed by atoms with Crippen LogP contribution in [0.4, 0.5) is 0 Å². The largest absolute Gasteiger partial charge is 0.467 e. The summed E-state index contributed by atoms with van der Waals surface area (Å²) in [5, 5.41) is 2.35. The van der Waals surface area contributed by atoms with E-state index in [1.54, 1.807) is 0 Å². The van der Waals surface area contributed by atoms with Gasteiger partial charge in [-0.25, -0.2) is 9.98 Å². The van der Waals surface area contributed by atoms with E-state index >= 15 is 0 Å². The highest BCUT2D eigenvalue weighted by Crippen LogP contribution is 2.45. The van der Waals surface area contributed by atoms with Gasteiger partial charge >= 0.3 is 0 Å². The number of rotatable bonds is 9. The Morgan fingerprint density at radius 1 is 0.556 bits per heavy atom. The normalized spacial score (nSPS) is 15.7. The maximum atomic E-state index is 7.07. The molecule has 0 saturated carbocycles. The molecule has 9 rings (SSSR count). The number of fused-ring (bicyclic) bond motifs is 3. The Hall–Kier alpha value is -6.46. The van der Waals surface area contributed by atoms with Crippen molar-refractivity contribution in [2.45, 2.75) is 104 Å². The van der Waals surface area contributed by atoms with Crippen molar-refractivity contribution < 1.29 is 9.47 Å². The minimum absolute atomic E-state index is 0.00201. The van der Waals surface area contributed by atoms with Crippen molar-refractivity contribution in [1.29, 1.82) is 0 Å². The van der Waals surface area contributed by atoms with Crippen LogP contribution in [0.25, 0.3) is 38.8 Å². The molecule has 1 aliphatic heterocycles. The van der Waals surface area contributed by atoms with Gasteiger partial charge in [0.05, 0.1) is 11.0 Å². The van der Waals surface area contributed by atoms with Crippen LogP contribution in [0.2, 0.25) is 0 Å². The topological polar surface area (TPSA) is 48.6 Å². The molecule has 0 amide bonds. The van der Waals surface area contributed by atoms with Crippen molar-refractivity contribution in [3.05, 3.63) is 191 Å². The number of hydrogen-bond acceptors (Lipinski definition) is 4. The van der Waals surface area contributed by atoms with Gasteiger partial charge in [-0.15, -0.1) is 0 Å². The summed E-state index contributed by atoms with van der Waals surface area (Å²) in [5.41, 5.74) is 12.6. The quantitative estimate of drug-likeness (QED) is 0.146. The summed E-state index contributed by atoms with van der Waals surface area (Å²) in [5.74, 6) is 3.56. The summed E-state index contributed by atoms with van der Waals surface area (Å²) < 4.78 is 16.3. The molecule has 0 N–H and O–H groups in total. The maximum absolute atomic E-state index is 7.07. The number of pyridine rings is 1. The number of aromatic nitrogens is 2. The fourth-order valence-electron chi connectivity index (χ4n) is 9.08. The first-order valence-electron chi connectivity index (χ1n) is 22.5. The summed E-state index contributed by atoms with van der Waals surface area (Å²) in [4.78, 5) is 10.3. The maximum Gasteiger partial charge on any atom is 0.217 e. The molecule has 0 unspecified atom stereocenters. The molecule has 5 nitrogen and oxygen atoms in total. The Kier molecular flexibility index (Phi) is 10.9. The first-order chi connectivity index (χ1) is 30.1. The SMILES string of the molecule is CC(C)c1cccc(C(C)C)c1-c1cc(Oc2ccc3c4cc(C(C)(C)C)ccc4n(-c4cc(C(C)(C)C)ccn4)c3c2)cc(C2=N[C@@H](c3ccccc3)[C@@H](c3ccccc3)O2)c1. The molecule has 0 aliphatic carbocycles. The number of nitrogens with zero attached hydrogens (tertiary/aromatic N) is 3. The van der Waals surface area contributed by atoms with Crippen LogP contribution in [-0.4, -0.2) is 15.4 Å². The molecule has 3 heterocycles. The zero-order valence-corrected chi connectivity index (χ0v) is 38.4. The highest BCUT2D eigenvalue weighted by Gasteiger charge is 2.35. The van der Waals surface area contributed by atoms with Gasteiger partial charge in [-0.3, -0.25) is 4.57 Å². The molecule has 6 aromatic carbocycles. The Morgan fingerprint density at radius 2 is 1.19 bits per heavy atom. The van der Waals surface area contributed by atoms with Gasteiger partial charge in [0.15, 0.2) is 6.10 Å². The fraction of sp³-hybridized carbons (Fsp3) is 0.276. The van der Waals surface area contributed by atoms with Crippen molar-refractivity contribution in [1.82, 2.24) is 9.55 Å². The summed E-state index contributed by atoms with van der Waals surface area (Å²) in [7, 11) is 0. The van der Waals surface area contributed by atoms with E-state index < -0.39 is 0 Å². The van der Waals surface area contributed by atoms with Gasteiger partial charge in [0.1, 0.15) is 23.4 Å². The van der Waals surface area contributed by atoms with E-state index in [4.69, 9.17) is 19.5 Å². The molecule has 2 atom stereocenters. The molecule has 0 spiro atoms. The van der Waals surface area contributed by atoms with Crippen LogP contribution in [0.1, 0.15) is 132 Å². The Morgan fingerprint density at radius 3 is 1.84 bits per heavy atom. The van der Waals surface area contributed by atoms with Crippen molar-refractivity contribution in [3.8, 4) is 28.4 Å². The molecule has 0 saturated heterocycles. The van der Waals surface area contributed by atoms with Gasteiger partial charge in [0.2, 0.25) is 5.90 Å². The first kappa shape index (κ1) is 41.9. The molecule has 0 fully saturated rings. The zero-order chi connectivity index (χ0) is 44.2. The lowest BCUT2D eigenvalue weighted by Crippen LogP contribution is -2.12. The molecule has 63 heavy (non-hydrogen) atoms. The molecule has 0 radical (unpaired) electrons. The minimum Gasteiger partial charge on any atom is -0.467 e. The van der Waals surface area contributed by atoms with Gasteiger partial charge in [-0.1, -0.05) is 154 Å². The van der Waals surface area contributed by atoms with E-state index in [9.17, 15) is 0 Å². The predicted molar refractivity (Wildman–Crippen MR) is 262 cm³/mol. The van der Waals surface area contributed by atoms with Crippen molar-refractivity contribution in [2.24, 2.45) is 4.99 Å². The summed E-state index contributed by atoms with van der Waals surface area (Å²) in [6, 6.07) is 51.7. The third kappa shape index (κ3) is 8.18. The van der Waals surface area contributed by atoms with Crippen LogP contribution in [0.3, 0.4) is 0 Å². The third-order valence-corrected chi connectivity index (χ3v) is 12.5. The minimum atomic E-state index is -0.278. The van der Waals surface area contributed by atoms with Crippen molar-refractivity contribution >= 4 is 27.7 Å². The first-order valence-corrected chi connectivity index (χ1v) is 22.5. The molecule has 8 aromatic rings. The highest BCUT2D eigenvalue weighted by atomic mass is 16.5. The molecular weight excluding hydrogens is 771 g/mol. The number of aliphatic imine (C=N–C) groups is 1. The number of hydrogen-bond donors (Lipinski definition) is 0. The third-order valence-electron chi connectivity index (χ3n) is 12.5. The van der Waals surface area contributed by atoms with Crippen LogP contribution in [-0.2, 0) is 15.6 Å². The molecular formula is C58H59N3O2. The zero-order valence-electron chi connectivity index (χ0n) is 38.4. The average Bonchev–Trinajstić information content (AvgIpc) is 3.86. The Bertz CT molecular complexity index is 2950. The average molecular weight is 830 g/mol. The van der Waals surface area contributed by atoms with Crippen LogP contribution < -0.4 is 4.74 Å². The smallest absolute Gasteiger partial charge is 0.217 e. The second-order valence-electron chi connectivity index (χ2n) is 19.9. The van der Waals surface area contributed by atoms with E-state index in [0.29, 0.717) is 23.5 Å². The summed E-state index contributed by atoms with van der Waals surface area (Å²) >= 11 is 0. The van der Waals surface area contributed by atoms with Gasteiger partial charge in [-0.05, 0) is 122 Å². The number of ether oxygens (including phenoxy) is 2. The van der Waals surface area contributed by atoms with Crippen LogP contribution in [0, 0.1) is 0 Å². The van der Waals surface area contributed by atoms with Crippen LogP contribution >= 0.6 is 0 Å². The lowest BCUT2D eigenvalue weighted by Gasteiger charge is -2.21. The lowest BCUT2D eigenvalue weighted by atomic mass is 9.84.